The van der Waals surface area contributed by atoms with E-state index in [0.29, 0.717) is 0 Å². The Kier molecular flexibility index (Phi) is 8.97. The molecule has 0 bridgehead atoms. The van der Waals surface area contributed by atoms with Crippen molar-refractivity contribution in [2.75, 3.05) is 0 Å². The molecule has 2 aromatic carbocycles. The van der Waals surface area contributed by atoms with E-state index >= 15 is 0 Å². The molecule has 0 amide bonds. The van der Waals surface area contributed by atoms with Gasteiger partial charge in [0.1, 0.15) is 0 Å². The Morgan fingerprint density at radius 3 is 1.04 bits per heavy atom. The molecule has 0 aliphatic carbocycles. The van der Waals surface area contributed by atoms with Crippen molar-refractivity contribution in [3.8, 4) is 0 Å². The topological polar surface area (TPSA) is 149 Å². The maximum atomic E-state index is 11.0. The van der Waals surface area contributed by atoms with Gasteiger partial charge in [0.2, 0.25) is 19.7 Å². The molecule has 0 aliphatic heterocycles. The van der Waals surface area contributed by atoms with Crippen LogP contribution in [-0.2, 0) is 39.2 Å². The van der Waals surface area contributed by atoms with Gasteiger partial charge in [-0.15, -0.1) is 0 Å². The fourth-order valence-corrected chi connectivity index (χ4v) is 3.00. The average molecular weight is 464 g/mol. The van der Waals surface area contributed by atoms with Gasteiger partial charge < -0.3 is 19.8 Å². The quantitative estimate of drug-likeness (QED) is 0.574. The third kappa shape index (κ3) is 6.53. The molecule has 0 heterocycles. The molecule has 27 heavy (non-hydrogen) atoms. The van der Waals surface area contributed by atoms with Crippen molar-refractivity contribution in [1.29, 1.82) is 0 Å². The first-order valence-corrected chi connectivity index (χ1v) is 9.91. The zero-order chi connectivity index (χ0) is 20.1. The maximum absolute atomic E-state index is 11.0. The van der Waals surface area contributed by atoms with E-state index in [2.05, 4.69) is 0 Å². The van der Waals surface area contributed by atoms with E-state index < -0.39 is 30.3 Å². The first kappa shape index (κ1) is 24.9. The van der Waals surface area contributed by atoms with E-state index in [1.165, 1.54) is 48.5 Å². The van der Waals surface area contributed by atoms with Crippen molar-refractivity contribution in [3.63, 3.8) is 0 Å². The Bertz CT molecular complexity index is 924. The zero-order valence-corrected chi connectivity index (χ0v) is 19.0. The largest absolute Gasteiger partial charge is 2.00 e. The molecule has 0 spiro atoms. The molecule has 140 valence electrons. The Morgan fingerprint density at radius 1 is 0.630 bits per heavy atom. The second-order valence-corrected chi connectivity index (χ2v) is 8.76. The van der Waals surface area contributed by atoms with Crippen molar-refractivity contribution in [3.05, 3.63) is 59.7 Å². The second kappa shape index (κ2) is 9.73. The van der Waals surface area contributed by atoms with Crippen LogP contribution in [0.2, 0.25) is 0 Å². The number of sulfone groups is 2. The molecule has 0 aliphatic rings. The maximum Gasteiger partial charge on any atom is 2.00 e. The molecule has 0 aromatic heterocycles. The van der Waals surface area contributed by atoms with E-state index in [1.807, 2.05) is 0 Å². The summed E-state index contributed by atoms with van der Waals surface area (Å²) in [6.07, 6.45) is 0. The second-order valence-electron chi connectivity index (χ2n) is 5.13. The van der Waals surface area contributed by atoms with Crippen LogP contribution in [0.1, 0.15) is 11.1 Å². The number of carbonyl (C=O) groups excluding carboxylic acids is 2. The zero-order valence-electron chi connectivity index (χ0n) is 14.4. The summed E-state index contributed by atoms with van der Waals surface area (Å²) in [4.78, 5) is 19.9. The molecule has 0 saturated carbocycles. The summed E-state index contributed by atoms with van der Waals surface area (Å²) in [6.45, 7) is 3.55. The summed E-state index contributed by atoms with van der Waals surface area (Å²) in [7, 11) is -8.58. The smallest absolute Gasteiger partial charge is 0.534 e. The predicted molar refractivity (Wildman–Crippen MR) is 87.5 cm³/mol. The van der Waals surface area contributed by atoms with Crippen molar-refractivity contribution < 1.29 is 56.1 Å². The Labute approximate surface area is 169 Å². The number of aryl methyl sites for hydroxylation is 2. The van der Waals surface area contributed by atoms with Gasteiger partial charge >= 0.3 is 19.5 Å². The van der Waals surface area contributed by atoms with Gasteiger partial charge in [0.15, 0.2) is 10.6 Å². The van der Waals surface area contributed by atoms with Crippen LogP contribution in [0, 0.1) is 13.8 Å². The minimum atomic E-state index is -4.29. The summed E-state index contributed by atoms with van der Waals surface area (Å²) >= 11 is 0. The van der Waals surface area contributed by atoms with E-state index in [0.717, 1.165) is 11.1 Å². The Hall–Kier alpha value is -2.10. The van der Waals surface area contributed by atoms with E-state index in [1.54, 1.807) is 13.8 Å². The van der Waals surface area contributed by atoms with Crippen LogP contribution in [0.4, 0.5) is 9.59 Å². The first-order chi connectivity index (χ1) is 11.9. The number of rotatable bonds is 2. The molecule has 0 N–H and O–H groups in total. The number of carbonyl (C=O) groups is 2. The number of hydrogen-bond donors (Lipinski definition) is 0. The van der Waals surface area contributed by atoms with Gasteiger partial charge in [-0.1, -0.05) is 35.4 Å². The average Bonchev–Trinajstić information content (AvgIpc) is 2.56. The van der Waals surface area contributed by atoms with E-state index in [-0.39, 0.29) is 29.3 Å². The summed E-state index contributed by atoms with van der Waals surface area (Å²) in [6, 6.07) is 11.0. The van der Waals surface area contributed by atoms with Crippen LogP contribution < -0.4 is 10.2 Å². The van der Waals surface area contributed by atoms with E-state index in [9.17, 15) is 36.6 Å². The molecule has 0 unspecified atom stereocenters. The van der Waals surface area contributed by atoms with Gasteiger partial charge in [0.25, 0.3) is 0 Å². The summed E-state index contributed by atoms with van der Waals surface area (Å²) in [5, 5.41) is 16.3. The van der Waals surface area contributed by atoms with E-state index in [4.69, 9.17) is 0 Å². The minimum absolute atomic E-state index is 0. The van der Waals surface area contributed by atoms with Gasteiger partial charge in [0, 0.05) is 0 Å². The van der Waals surface area contributed by atoms with Crippen LogP contribution in [-0.4, -0.2) is 27.4 Å². The molecular weight excluding hydrogens is 450 g/mol. The number of hydrogen-bond acceptors (Lipinski definition) is 8. The molecule has 0 saturated heterocycles. The van der Waals surface area contributed by atoms with Crippen molar-refractivity contribution in [1.82, 2.24) is 0 Å². The summed E-state index contributed by atoms with van der Waals surface area (Å²) in [5.41, 5.74) is 1.72. The van der Waals surface area contributed by atoms with Gasteiger partial charge in [-0.25, -0.2) is 16.8 Å². The number of carboxylic acid groups (broad SMARTS) is 2. The third-order valence-electron chi connectivity index (χ3n) is 3.10. The van der Waals surface area contributed by atoms with Gasteiger partial charge in [-0.05, 0) is 38.1 Å². The molecule has 0 atom stereocenters. The van der Waals surface area contributed by atoms with Crippen LogP contribution in [0.3, 0.4) is 0 Å². The molecule has 11 heteroatoms. The summed E-state index contributed by atoms with van der Waals surface area (Å²) < 4.78 is 43.9. The van der Waals surface area contributed by atoms with Crippen LogP contribution >= 0.6 is 0 Å². The predicted octanol–water partition coefficient (Wildman–Crippen LogP) is 0.222. The standard InChI is InChI=1S/2C8H8O4S.Zn/c2*1-6-2-4-7(5-3-6)13(11,12)8(9)10;/h2*2-5H,1H3,(H,9,10);/q;;+2/p-2. The van der Waals surface area contributed by atoms with Gasteiger partial charge in [0.05, 0.1) is 9.79 Å². The monoisotopic (exact) mass is 462 g/mol. The van der Waals surface area contributed by atoms with Crippen molar-refractivity contribution in [2.24, 2.45) is 0 Å². The van der Waals surface area contributed by atoms with Gasteiger partial charge in [-0.2, -0.15) is 0 Å². The normalized spacial score (nSPS) is 10.7. The van der Waals surface area contributed by atoms with Crippen LogP contribution in [0.15, 0.2) is 58.3 Å². The van der Waals surface area contributed by atoms with Crippen molar-refractivity contribution in [2.45, 2.75) is 23.6 Å². The molecule has 2 aromatic rings. The molecule has 2 rings (SSSR count). The fourth-order valence-electron chi connectivity index (χ4n) is 1.63. The van der Waals surface area contributed by atoms with Crippen LogP contribution in [0.25, 0.3) is 0 Å². The number of benzene rings is 2. The fraction of sp³-hybridized carbons (Fsp3) is 0.125. The van der Waals surface area contributed by atoms with Gasteiger partial charge in [-0.3, -0.25) is 0 Å². The molecule has 0 fully saturated rings. The molecule has 8 nitrogen and oxygen atoms in total. The third-order valence-corrected chi connectivity index (χ3v) is 5.76. The molecule has 0 radical (unpaired) electrons. The molecular formula is C16H14O8S2Zn. The Morgan fingerprint density at radius 2 is 0.852 bits per heavy atom. The van der Waals surface area contributed by atoms with Crippen LogP contribution in [0.5, 0.6) is 0 Å². The SMILES string of the molecule is Cc1ccc(S(=O)(=O)C(=O)[O-])cc1.Cc1ccc(S(=O)(=O)C(=O)[O-])cc1.[Zn+2]. The Balaban J connectivity index is 0.000000483. The first-order valence-electron chi connectivity index (χ1n) is 6.94. The summed E-state index contributed by atoms with van der Waals surface area (Å²) in [5.74, 6) is 0. The minimum Gasteiger partial charge on any atom is -0.534 e. The van der Waals surface area contributed by atoms with Crippen molar-refractivity contribution >= 4 is 30.3 Å².